The van der Waals surface area contributed by atoms with Gasteiger partial charge in [-0.05, 0) is 54.6 Å². The Morgan fingerprint density at radius 1 is 0.395 bits per heavy atom. The Bertz CT molecular complexity index is 2120. The normalized spacial score (nSPS) is 11.7. The van der Waals surface area contributed by atoms with E-state index in [0.29, 0.717) is 0 Å². The average Bonchev–Trinajstić information content (AvgIpc) is 3.51. The third-order valence-electron chi connectivity index (χ3n) is 7.52. The highest BCUT2D eigenvalue weighted by Crippen LogP contribution is 2.39. The summed E-state index contributed by atoms with van der Waals surface area (Å²) in [5, 5.41) is 3.62. The highest BCUT2D eigenvalue weighted by molar-refractivity contribution is 6.16. The lowest BCUT2D eigenvalue weighted by atomic mass is 10.0. The number of fused-ring (bicyclic) bond motifs is 6. The van der Waals surface area contributed by atoms with E-state index >= 15 is 0 Å². The van der Waals surface area contributed by atoms with E-state index in [1.54, 1.807) is 0 Å². The zero-order chi connectivity index (χ0) is 25.1. The van der Waals surface area contributed by atoms with E-state index in [9.17, 15) is 0 Å². The first-order valence-electron chi connectivity index (χ1n) is 12.9. The summed E-state index contributed by atoms with van der Waals surface area (Å²) in [7, 11) is 0. The molecule has 3 aromatic heterocycles. The molecule has 0 spiro atoms. The van der Waals surface area contributed by atoms with Gasteiger partial charge in [0, 0.05) is 33.1 Å². The fourth-order valence-electron chi connectivity index (χ4n) is 5.92. The van der Waals surface area contributed by atoms with Crippen LogP contribution in [0.1, 0.15) is 0 Å². The van der Waals surface area contributed by atoms with Crippen LogP contribution < -0.4 is 0 Å². The molecule has 0 N–H and O–H groups in total. The molecule has 8 aromatic rings. The summed E-state index contributed by atoms with van der Waals surface area (Å²) < 4.78 is 4.66. The quantitative estimate of drug-likeness (QED) is 0.245. The second kappa shape index (κ2) is 8.19. The fraction of sp³-hybridized carbons (Fsp3) is 0. The van der Waals surface area contributed by atoms with Gasteiger partial charge in [-0.25, -0.2) is 4.98 Å². The van der Waals surface area contributed by atoms with Crippen LogP contribution in [0.25, 0.3) is 66.4 Å². The van der Waals surface area contributed by atoms with Crippen molar-refractivity contribution in [2.24, 2.45) is 0 Å². The predicted molar refractivity (Wildman–Crippen MR) is 158 cm³/mol. The summed E-state index contributed by atoms with van der Waals surface area (Å²) in [6, 6.07) is 49.3. The Morgan fingerprint density at radius 3 is 1.66 bits per heavy atom. The summed E-state index contributed by atoms with van der Waals surface area (Å²) in [5.41, 5.74) is 10.1. The molecule has 0 aliphatic carbocycles. The molecule has 0 fully saturated rings. The molecule has 0 saturated heterocycles. The van der Waals surface area contributed by atoms with Gasteiger partial charge in [0.15, 0.2) is 0 Å². The highest BCUT2D eigenvalue weighted by Gasteiger charge is 2.18. The van der Waals surface area contributed by atoms with Gasteiger partial charge in [-0.15, -0.1) is 0 Å². The van der Waals surface area contributed by atoms with Gasteiger partial charge >= 0.3 is 0 Å². The van der Waals surface area contributed by atoms with Crippen LogP contribution in [0, 0.1) is 0 Å². The lowest BCUT2D eigenvalue weighted by molar-refractivity contribution is 1.17. The summed E-state index contributed by atoms with van der Waals surface area (Å²) in [4.78, 5) is 5.33. The second-order valence-electron chi connectivity index (χ2n) is 9.64. The van der Waals surface area contributed by atoms with Crippen molar-refractivity contribution in [3.63, 3.8) is 0 Å². The first kappa shape index (κ1) is 21.0. The van der Waals surface area contributed by atoms with E-state index in [1.165, 1.54) is 21.8 Å². The van der Waals surface area contributed by atoms with Gasteiger partial charge in [-0.2, -0.15) is 0 Å². The monoisotopic (exact) mass is 485 g/mol. The average molecular weight is 486 g/mol. The van der Waals surface area contributed by atoms with Crippen LogP contribution in [0.2, 0.25) is 0 Å². The summed E-state index contributed by atoms with van der Waals surface area (Å²) in [6.45, 7) is 0. The predicted octanol–water partition coefficient (Wildman–Crippen LogP) is 8.94. The van der Waals surface area contributed by atoms with Crippen molar-refractivity contribution in [2.45, 2.75) is 0 Å². The van der Waals surface area contributed by atoms with Crippen molar-refractivity contribution < 1.29 is 0 Å². The fourth-order valence-corrected chi connectivity index (χ4v) is 5.92. The van der Waals surface area contributed by atoms with Crippen molar-refractivity contribution in [3.8, 4) is 22.6 Å². The summed E-state index contributed by atoms with van der Waals surface area (Å²) in [5.74, 6) is 0. The maximum atomic E-state index is 5.33. The molecule has 0 atom stereocenters. The molecular weight excluding hydrogens is 462 g/mol. The lowest BCUT2D eigenvalue weighted by Gasteiger charge is -2.09. The molecule has 3 heteroatoms. The lowest BCUT2D eigenvalue weighted by Crippen LogP contribution is -1.94. The minimum atomic E-state index is 0.982. The van der Waals surface area contributed by atoms with E-state index in [-0.39, 0.29) is 0 Å². The van der Waals surface area contributed by atoms with Crippen molar-refractivity contribution in [3.05, 3.63) is 140 Å². The van der Waals surface area contributed by atoms with Gasteiger partial charge in [0.05, 0.1) is 33.3 Å². The van der Waals surface area contributed by atoms with E-state index in [2.05, 4.69) is 149 Å². The van der Waals surface area contributed by atoms with Crippen LogP contribution >= 0.6 is 0 Å². The molecule has 5 aromatic carbocycles. The number of aromatic nitrogens is 3. The van der Waals surface area contributed by atoms with E-state index in [0.717, 1.165) is 44.6 Å². The second-order valence-corrected chi connectivity index (χ2v) is 9.64. The minimum Gasteiger partial charge on any atom is -0.309 e. The van der Waals surface area contributed by atoms with E-state index in [4.69, 9.17) is 4.98 Å². The zero-order valence-electron chi connectivity index (χ0n) is 20.6. The molecule has 8 rings (SSSR count). The van der Waals surface area contributed by atoms with E-state index in [1.807, 2.05) is 0 Å². The number of hydrogen-bond acceptors (Lipinski definition) is 1. The number of para-hydroxylation sites is 4. The standard InChI is InChI=1S/C35H23N3/c1-3-12-24(13-4-1)37-30-19-9-7-16-27(30)34-26(18-11-21-32(34)37)29-22-23-33-35(36-29)28-17-8-10-20-31(28)38(33)25-14-5-2-6-15-25/h1-23H. The topological polar surface area (TPSA) is 22.8 Å². The van der Waals surface area contributed by atoms with Gasteiger partial charge < -0.3 is 9.13 Å². The van der Waals surface area contributed by atoms with Crippen molar-refractivity contribution >= 4 is 43.7 Å². The van der Waals surface area contributed by atoms with Crippen LogP contribution in [0.5, 0.6) is 0 Å². The SMILES string of the molecule is c1ccc(-n2c3ccccc3c3nc(-c4cccc5c4c4ccccc4n5-c4ccccc4)ccc32)cc1. The van der Waals surface area contributed by atoms with Crippen molar-refractivity contribution in [1.29, 1.82) is 0 Å². The third kappa shape index (κ3) is 2.99. The number of pyridine rings is 1. The molecule has 0 amide bonds. The zero-order valence-corrected chi connectivity index (χ0v) is 20.6. The van der Waals surface area contributed by atoms with Crippen LogP contribution in [0.3, 0.4) is 0 Å². The van der Waals surface area contributed by atoms with Crippen LogP contribution in [-0.2, 0) is 0 Å². The van der Waals surface area contributed by atoms with Crippen LogP contribution in [0.4, 0.5) is 0 Å². The number of rotatable bonds is 3. The van der Waals surface area contributed by atoms with E-state index < -0.39 is 0 Å². The molecule has 0 radical (unpaired) electrons. The number of hydrogen-bond donors (Lipinski definition) is 0. The van der Waals surface area contributed by atoms with Crippen LogP contribution in [0.15, 0.2) is 140 Å². The van der Waals surface area contributed by atoms with Gasteiger partial charge in [0.25, 0.3) is 0 Å². The molecule has 0 aliphatic heterocycles. The van der Waals surface area contributed by atoms with Crippen LogP contribution in [-0.4, -0.2) is 14.1 Å². The Morgan fingerprint density at radius 2 is 0.947 bits per heavy atom. The first-order chi connectivity index (χ1) is 18.9. The van der Waals surface area contributed by atoms with Gasteiger partial charge in [0.2, 0.25) is 0 Å². The molecule has 38 heavy (non-hydrogen) atoms. The van der Waals surface area contributed by atoms with Gasteiger partial charge in [-0.1, -0.05) is 84.9 Å². The molecule has 3 heterocycles. The summed E-state index contributed by atoms with van der Waals surface area (Å²) in [6.07, 6.45) is 0. The number of benzene rings is 5. The Kier molecular flexibility index (Phi) is 4.52. The maximum Gasteiger partial charge on any atom is 0.0970 e. The Hall–Kier alpha value is -5.15. The Labute approximate surface area is 219 Å². The van der Waals surface area contributed by atoms with Gasteiger partial charge in [0.1, 0.15) is 0 Å². The van der Waals surface area contributed by atoms with Gasteiger partial charge in [-0.3, -0.25) is 0 Å². The highest BCUT2D eigenvalue weighted by atomic mass is 15.0. The largest absolute Gasteiger partial charge is 0.309 e. The third-order valence-corrected chi connectivity index (χ3v) is 7.52. The van der Waals surface area contributed by atoms with Crippen molar-refractivity contribution in [1.82, 2.24) is 14.1 Å². The molecule has 0 aliphatic rings. The minimum absolute atomic E-state index is 0.982. The molecule has 0 bridgehead atoms. The summed E-state index contributed by atoms with van der Waals surface area (Å²) >= 11 is 0. The number of nitrogens with zero attached hydrogens (tertiary/aromatic N) is 3. The van der Waals surface area contributed by atoms with Crippen molar-refractivity contribution in [2.75, 3.05) is 0 Å². The molecule has 0 unspecified atom stereocenters. The smallest absolute Gasteiger partial charge is 0.0970 e. The maximum absolute atomic E-state index is 5.33. The Balaban J connectivity index is 1.44. The molecule has 3 nitrogen and oxygen atoms in total. The molecular formula is C35H23N3. The molecule has 178 valence electrons. The molecule has 0 saturated carbocycles. The first-order valence-corrected chi connectivity index (χ1v) is 12.9.